The van der Waals surface area contributed by atoms with Crippen molar-refractivity contribution in [2.24, 2.45) is 11.8 Å². The third-order valence-electron chi connectivity index (χ3n) is 4.95. The number of fused-ring (bicyclic) bond motifs is 1. The van der Waals surface area contributed by atoms with Crippen molar-refractivity contribution in [2.75, 3.05) is 25.7 Å². The summed E-state index contributed by atoms with van der Waals surface area (Å²) in [6.45, 7) is 0.372. The van der Waals surface area contributed by atoms with Crippen molar-refractivity contribution < 1.29 is 23.8 Å². The summed E-state index contributed by atoms with van der Waals surface area (Å²) < 4.78 is 16.2. The van der Waals surface area contributed by atoms with E-state index in [1.165, 1.54) is 7.11 Å². The molecule has 3 heterocycles. The first-order valence-corrected chi connectivity index (χ1v) is 7.51. The maximum absolute atomic E-state index is 13.0. The van der Waals surface area contributed by atoms with Gasteiger partial charge in [-0.3, -0.25) is 9.59 Å². The number of carbonyl (C=O) groups excluding carboxylic acids is 2. The smallest absolute Gasteiger partial charge is 0.312 e. The minimum absolute atomic E-state index is 0.128. The third-order valence-corrected chi connectivity index (χ3v) is 4.95. The summed E-state index contributed by atoms with van der Waals surface area (Å²) in [5.41, 5.74) is -0.0607. The first-order chi connectivity index (χ1) is 11.1. The van der Waals surface area contributed by atoms with Crippen LogP contribution in [-0.4, -0.2) is 44.3 Å². The number of methoxy groups -OCH3 is 2. The van der Waals surface area contributed by atoms with Gasteiger partial charge in [0.2, 0.25) is 5.91 Å². The van der Waals surface area contributed by atoms with Gasteiger partial charge in [0.05, 0.1) is 38.5 Å². The van der Waals surface area contributed by atoms with E-state index in [-0.39, 0.29) is 12.0 Å². The zero-order valence-electron chi connectivity index (χ0n) is 12.9. The summed E-state index contributed by atoms with van der Waals surface area (Å²) in [7, 11) is 2.90. The van der Waals surface area contributed by atoms with Crippen LogP contribution < -0.4 is 9.64 Å². The quantitative estimate of drug-likeness (QED) is 0.618. The summed E-state index contributed by atoms with van der Waals surface area (Å²) in [5, 5.41) is 0. The molecule has 6 nitrogen and oxygen atoms in total. The maximum Gasteiger partial charge on any atom is 0.312 e. The maximum atomic E-state index is 13.0. The summed E-state index contributed by atoms with van der Waals surface area (Å²) in [5.74, 6) is -1.05. The number of esters is 1. The van der Waals surface area contributed by atoms with Crippen LogP contribution in [0.4, 0.5) is 5.69 Å². The van der Waals surface area contributed by atoms with E-state index >= 15 is 0 Å². The van der Waals surface area contributed by atoms with Crippen LogP contribution in [0.3, 0.4) is 0 Å². The van der Waals surface area contributed by atoms with Gasteiger partial charge in [-0.15, -0.1) is 0 Å². The Morgan fingerprint density at radius 2 is 2.13 bits per heavy atom. The minimum atomic E-state index is -0.749. The van der Waals surface area contributed by atoms with Crippen molar-refractivity contribution in [1.29, 1.82) is 0 Å². The Hall–Kier alpha value is -2.34. The molecule has 23 heavy (non-hydrogen) atoms. The number of benzene rings is 1. The Morgan fingerprint density at radius 1 is 1.35 bits per heavy atom. The number of carbonyl (C=O) groups is 2. The van der Waals surface area contributed by atoms with Crippen molar-refractivity contribution in [3.05, 3.63) is 36.4 Å². The SMILES string of the molecule is COC(=O)[C@@H]1[C@H]2C=C[C@@]3(CN(c4ccccc4OC)C(=O)[C@@H]13)O2. The second kappa shape index (κ2) is 4.83. The Kier molecular flexibility index (Phi) is 2.99. The number of ether oxygens (including phenoxy) is 3. The van der Waals surface area contributed by atoms with Crippen molar-refractivity contribution in [2.45, 2.75) is 11.7 Å². The van der Waals surface area contributed by atoms with Crippen molar-refractivity contribution >= 4 is 17.6 Å². The van der Waals surface area contributed by atoms with Crippen LogP contribution in [0, 0.1) is 11.8 Å². The van der Waals surface area contributed by atoms with Gasteiger partial charge in [-0.1, -0.05) is 24.3 Å². The van der Waals surface area contributed by atoms with E-state index in [1.54, 1.807) is 18.1 Å². The Labute approximate surface area is 133 Å². The van der Waals surface area contributed by atoms with Crippen molar-refractivity contribution in [3.63, 3.8) is 0 Å². The lowest BCUT2D eigenvalue weighted by molar-refractivity contribution is -0.149. The average molecular weight is 315 g/mol. The Morgan fingerprint density at radius 3 is 2.87 bits per heavy atom. The molecule has 3 aliphatic rings. The lowest BCUT2D eigenvalue weighted by atomic mass is 9.77. The highest BCUT2D eigenvalue weighted by molar-refractivity contribution is 6.03. The highest BCUT2D eigenvalue weighted by Gasteiger charge is 2.67. The van der Waals surface area contributed by atoms with Crippen LogP contribution in [0.1, 0.15) is 0 Å². The van der Waals surface area contributed by atoms with Crippen LogP contribution >= 0.6 is 0 Å². The second-order valence-corrected chi connectivity index (χ2v) is 6.02. The van der Waals surface area contributed by atoms with E-state index in [4.69, 9.17) is 14.2 Å². The molecule has 2 fully saturated rings. The number of amides is 1. The fraction of sp³-hybridized carbons (Fsp3) is 0.412. The molecule has 4 atom stereocenters. The molecule has 4 rings (SSSR count). The molecule has 3 aliphatic heterocycles. The molecular formula is C17H17NO5. The number of rotatable bonds is 3. The molecule has 0 N–H and O–H groups in total. The van der Waals surface area contributed by atoms with Gasteiger partial charge in [-0.25, -0.2) is 0 Å². The second-order valence-electron chi connectivity index (χ2n) is 6.02. The highest BCUT2D eigenvalue weighted by atomic mass is 16.5. The zero-order valence-corrected chi connectivity index (χ0v) is 12.9. The lowest BCUT2D eigenvalue weighted by Gasteiger charge is -2.22. The fourth-order valence-electron chi connectivity index (χ4n) is 3.96. The van der Waals surface area contributed by atoms with Crippen LogP contribution in [0.2, 0.25) is 0 Å². The predicted octanol–water partition coefficient (Wildman–Crippen LogP) is 1.15. The number of para-hydroxylation sites is 2. The fourth-order valence-corrected chi connectivity index (χ4v) is 3.96. The molecule has 120 valence electrons. The Bertz CT molecular complexity index is 715. The third kappa shape index (κ3) is 1.78. The lowest BCUT2D eigenvalue weighted by Crippen LogP contribution is -2.39. The summed E-state index contributed by atoms with van der Waals surface area (Å²) in [6.07, 6.45) is 3.39. The Balaban J connectivity index is 1.75. The minimum Gasteiger partial charge on any atom is -0.495 e. The van der Waals surface area contributed by atoms with Crippen LogP contribution in [0.15, 0.2) is 36.4 Å². The average Bonchev–Trinajstić information content (AvgIpc) is 3.22. The molecule has 2 saturated heterocycles. The van der Waals surface area contributed by atoms with E-state index in [0.717, 1.165) is 0 Å². The van der Waals surface area contributed by atoms with E-state index in [1.807, 2.05) is 30.4 Å². The van der Waals surface area contributed by atoms with Gasteiger partial charge in [0.25, 0.3) is 0 Å². The first-order valence-electron chi connectivity index (χ1n) is 7.51. The molecule has 6 heteroatoms. The van der Waals surface area contributed by atoms with Gasteiger partial charge in [0.1, 0.15) is 17.3 Å². The standard InChI is InChI=1S/C17H17NO5/c1-21-11-6-4-3-5-10(11)18-9-17-8-7-12(23-17)13(16(20)22-2)14(17)15(18)19/h3-8,12-14H,9H2,1-2H3/t12-,13-,14-,17+/m1/s1. The monoisotopic (exact) mass is 315 g/mol. The van der Waals surface area contributed by atoms with Crippen LogP contribution in [0.25, 0.3) is 0 Å². The summed E-state index contributed by atoms with van der Waals surface area (Å²) in [6, 6.07) is 7.34. The van der Waals surface area contributed by atoms with Crippen LogP contribution in [0.5, 0.6) is 5.75 Å². The molecule has 0 aliphatic carbocycles. The molecule has 1 aromatic rings. The normalized spacial score (nSPS) is 33.9. The number of anilines is 1. The van der Waals surface area contributed by atoms with Gasteiger partial charge >= 0.3 is 5.97 Å². The zero-order chi connectivity index (χ0) is 16.2. The van der Waals surface area contributed by atoms with E-state index in [9.17, 15) is 9.59 Å². The van der Waals surface area contributed by atoms with Gasteiger partial charge in [0, 0.05) is 0 Å². The van der Waals surface area contributed by atoms with Gasteiger partial charge in [0.15, 0.2) is 0 Å². The molecule has 0 radical (unpaired) electrons. The molecule has 0 saturated carbocycles. The van der Waals surface area contributed by atoms with Crippen molar-refractivity contribution in [3.8, 4) is 5.75 Å². The van der Waals surface area contributed by atoms with E-state index in [2.05, 4.69) is 0 Å². The van der Waals surface area contributed by atoms with Gasteiger partial charge in [-0.2, -0.15) is 0 Å². The van der Waals surface area contributed by atoms with Crippen LogP contribution in [-0.2, 0) is 19.1 Å². The first kappa shape index (κ1) is 14.3. The topological polar surface area (TPSA) is 65.1 Å². The predicted molar refractivity (Wildman–Crippen MR) is 81.1 cm³/mol. The van der Waals surface area contributed by atoms with E-state index in [0.29, 0.717) is 18.0 Å². The van der Waals surface area contributed by atoms with Gasteiger partial charge in [-0.05, 0) is 12.1 Å². The number of hydrogen-bond acceptors (Lipinski definition) is 5. The number of hydrogen-bond donors (Lipinski definition) is 0. The molecule has 1 amide bonds. The molecule has 0 unspecified atom stereocenters. The van der Waals surface area contributed by atoms with E-state index < -0.39 is 23.4 Å². The number of nitrogens with zero attached hydrogens (tertiary/aromatic N) is 1. The molecule has 1 aromatic carbocycles. The largest absolute Gasteiger partial charge is 0.495 e. The summed E-state index contributed by atoms with van der Waals surface area (Å²) in [4.78, 5) is 26.8. The highest BCUT2D eigenvalue weighted by Crippen LogP contribution is 2.53. The van der Waals surface area contributed by atoms with Gasteiger partial charge < -0.3 is 19.1 Å². The molecule has 0 aromatic heterocycles. The summed E-state index contributed by atoms with van der Waals surface area (Å²) >= 11 is 0. The molecule has 2 bridgehead atoms. The molecular weight excluding hydrogens is 298 g/mol. The molecule has 1 spiro atoms. The van der Waals surface area contributed by atoms with Crippen molar-refractivity contribution in [1.82, 2.24) is 0 Å².